The maximum atomic E-state index is 10.7. The first-order valence-electron chi connectivity index (χ1n) is 6.23. The minimum absolute atomic E-state index is 0.248. The summed E-state index contributed by atoms with van der Waals surface area (Å²) >= 11 is 0. The van der Waals surface area contributed by atoms with Gasteiger partial charge in [0.25, 0.3) is 0 Å². The summed E-state index contributed by atoms with van der Waals surface area (Å²) in [5.74, 6) is 0.566. The zero-order valence-corrected chi connectivity index (χ0v) is 11.4. The summed E-state index contributed by atoms with van der Waals surface area (Å²) in [6.45, 7) is 5.65. The summed E-state index contributed by atoms with van der Waals surface area (Å²) in [7, 11) is 0. The summed E-state index contributed by atoms with van der Waals surface area (Å²) in [5.41, 5.74) is 4.12. The molecular weight excluding hydrogens is 242 g/mol. The number of rotatable bonds is 4. The molecule has 0 amide bonds. The van der Waals surface area contributed by atoms with Crippen LogP contribution in [0.5, 0.6) is 0 Å². The van der Waals surface area contributed by atoms with Crippen LogP contribution in [0.4, 0.5) is 0 Å². The molecule has 4 heteroatoms. The lowest BCUT2D eigenvalue weighted by Gasteiger charge is -2.05. The van der Waals surface area contributed by atoms with Crippen LogP contribution in [0.3, 0.4) is 0 Å². The molecule has 0 unspecified atom stereocenters. The van der Waals surface area contributed by atoms with Gasteiger partial charge in [-0.15, -0.1) is 0 Å². The molecule has 0 N–H and O–H groups in total. The zero-order valence-electron chi connectivity index (χ0n) is 11.4. The first kappa shape index (κ1) is 13.3. The van der Waals surface area contributed by atoms with E-state index in [1.807, 2.05) is 32.0 Å². The molecule has 0 atom stereocenters. The summed E-state index contributed by atoms with van der Waals surface area (Å²) in [4.78, 5) is 10.7. The number of aromatic nitrogens is 1. The van der Waals surface area contributed by atoms with Crippen LogP contribution in [0.1, 0.15) is 23.9 Å². The van der Waals surface area contributed by atoms with Crippen molar-refractivity contribution in [2.45, 2.75) is 27.2 Å². The molecule has 100 valence electrons. The molecule has 0 radical (unpaired) electrons. The van der Waals surface area contributed by atoms with E-state index in [0.717, 1.165) is 28.1 Å². The van der Waals surface area contributed by atoms with Gasteiger partial charge in [-0.2, -0.15) is 0 Å². The molecule has 0 aliphatic rings. The van der Waals surface area contributed by atoms with Gasteiger partial charge in [-0.1, -0.05) is 29.4 Å². The highest BCUT2D eigenvalue weighted by Gasteiger charge is 2.11. The Morgan fingerprint density at radius 1 is 1.37 bits per heavy atom. The standard InChI is InChI=1S/C15H17NO3/c1-10-15(11(2)19-16-10)14-6-4-5-13(9-14)7-8-18-12(3)17/h4-6,9H,7-8H2,1-3H3. The Labute approximate surface area is 112 Å². The number of hydrogen-bond donors (Lipinski definition) is 0. The van der Waals surface area contributed by atoms with E-state index < -0.39 is 0 Å². The Kier molecular flexibility index (Phi) is 4.00. The van der Waals surface area contributed by atoms with E-state index in [1.54, 1.807) is 0 Å². The number of hydrogen-bond acceptors (Lipinski definition) is 4. The first-order chi connectivity index (χ1) is 9.08. The van der Waals surface area contributed by atoms with Crippen LogP contribution in [0.15, 0.2) is 28.8 Å². The van der Waals surface area contributed by atoms with Crippen LogP contribution in [0.2, 0.25) is 0 Å². The molecule has 0 fully saturated rings. The van der Waals surface area contributed by atoms with E-state index in [1.165, 1.54) is 6.92 Å². The van der Waals surface area contributed by atoms with Gasteiger partial charge >= 0.3 is 5.97 Å². The van der Waals surface area contributed by atoms with Gasteiger partial charge in [0.2, 0.25) is 0 Å². The highest BCUT2D eigenvalue weighted by molar-refractivity contribution is 5.68. The van der Waals surface area contributed by atoms with Gasteiger partial charge in [-0.05, 0) is 25.0 Å². The minimum atomic E-state index is -0.248. The molecule has 2 rings (SSSR count). The molecular formula is C15H17NO3. The quantitative estimate of drug-likeness (QED) is 0.792. The fourth-order valence-corrected chi connectivity index (χ4v) is 2.09. The average molecular weight is 259 g/mol. The third kappa shape index (κ3) is 3.22. The van der Waals surface area contributed by atoms with E-state index >= 15 is 0 Å². The van der Waals surface area contributed by atoms with Crippen molar-refractivity contribution in [3.8, 4) is 11.1 Å². The van der Waals surface area contributed by atoms with Gasteiger partial charge in [0.05, 0.1) is 12.3 Å². The summed E-state index contributed by atoms with van der Waals surface area (Å²) in [6.07, 6.45) is 0.705. The fraction of sp³-hybridized carbons (Fsp3) is 0.333. The van der Waals surface area contributed by atoms with Gasteiger partial charge in [-0.3, -0.25) is 4.79 Å². The largest absolute Gasteiger partial charge is 0.466 e. The smallest absolute Gasteiger partial charge is 0.302 e. The number of benzene rings is 1. The lowest BCUT2D eigenvalue weighted by atomic mass is 10.0. The Hall–Kier alpha value is -2.10. The number of carbonyl (C=O) groups excluding carboxylic acids is 1. The minimum Gasteiger partial charge on any atom is -0.466 e. The molecule has 0 aliphatic carbocycles. The van der Waals surface area contributed by atoms with Crippen molar-refractivity contribution >= 4 is 5.97 Å². The van der Waals surface area contributed by atoms with Crippen LogP contribution in [-0.2, 0) is 16.0 Å². The van der Waals surface area contributed by atoms with Crippen molar-refractivity contribution in [1.29, 1.82) is 0 Å². The Morgan fingerprint density at radius 3 is 2.79 bits per heavy atom. The molecule has 0 aliphatic heterocycles. The zero-order chi connectivity index (χ0) is 13.8. The topological polar surface area (TPSA) is 52.3 Å². The van der Waals surface area contributed by atoms with Crippen molar-refractivity contribution < 1.29 is 14.1 Å². The average Bonchev–Trinajstić information content (AvgIpc) is 2.69. The molecule has 0 saturated carbocycles. The Morgan fingerprint density at radius 2 is 2.16 bits per heavy atom. The number of nitrogens with zero attached hydrogens (tertiary/aromatic N) is 1. The molecule has 1 aromatic heterocycles. The number of aryl methyl sites for hydroxylation is 2. The van der Waals surface area contributed by atoms with Crippen molar-refractivity contribution in [3.05, 3.63) is 41.3 Å². The van der Waals surface area contributed by atoms with E-state index in [0.29, 0.717) is 13.0 Å². The number of ether oxygens (including phenoxy) is 1. The third-order valence-corrected chi connectivity index (χ3v) is 2.95. The lowest BCUT2D eigenvalue weighted by molar-refractivity contribution is -0.140. The predicted octanol–water partition coefficient (Wildman–Crippen LogP) is 3.06. The van der Waals surface area contributed by atoms with Gasteiger partial charge in [-0.25, -0.2) is 0 Å². The molecule has 19 heavy (non-hydrogen) atoms. The van der Waals surface area contributed by atoms with Crippen molar-refractivity contribution in [3.63, 3.8) is 0 Å². The van der Waals surface area contributed by atoms with Crippen LogP contribution in [-0.4, -0.2) is 17.7 Å². The second-order valence-electron chi connectivity index (χ2n) is 4.49. The molecule has 2 aromatic rings. The Balaban J connectivity index is 2.18. The normalized spacial score (nSPS) is 10.5. The second kappa shape index (κ2) is 5.69. The first-order valence-corrected chi connectivity index (χ1v) is 6.23. The fourth-order valence-electron chi connectivity index (χ4n) is 2.09. The van der Waals surface area contributed by atoms with E-state index in [4.69, 9.17) is 9.26 Å². The molecule has 0 saturated heterocycles. The van der Waals surface area contributed by atoms with Crippen LogP contribution in [0, 0.1) is 13.8 Å². The summed E-state index contributed by atoms with van der Waals surface area (Å²) in [6, 6.07) is 8.12. The van der Waals surface area contributed by atoms with E-state index in [2.05, 4.69) is 11.2 Å². The van der Waals surface area contributed by atoms with E-state index in [-0.39, 0.29) is 5.97 Å². The molecule has 4 nitrogen and oxygen atoms in total. The second-order valence-corrected chi connectivity index (χ2v) is 4.49. The Bertz CT molecular complexity index is 567. The van der Waals surface area contributed by atoms with Crippen molar-refractivity contribution in [2.75, 3.05) is 6.61 Å². The van der Waals surface area contributed by atoms with Crippen molar-refractivity contribution in [1.82, 2.24) is 5.16 Å². The monoisotopic (exact) mass is 259 g/mol. The summed E-state index contributed by atoms with van der Waals surface area (Å²) < 4.78 is 10.1. The molecule has 0 bridgehead atoms. The van der Waals surface area contributed by atoms with Crippen LogP contribution >= 0.6 is 0 Å². The van der Waals surface area contributed by atoms with Crippen LogP contribution in [0.25, 0.3) is 11.1 Å². The highest BCUT2D eigenvalue weighted by atomic mass is 16.5. The molecule has 1 aromatic carbocycles. The molecule has 1 heterocycles. The maximum absolute atomic E-state index is 10.7. The molecule has 0 spiro atoms. The highest BCUT2D eigenvalue weighted by Crippen LogP contribution is 2.27. The summed E-state index contributed by atoms with van der Waals surface area (Å²) in [5, 5.41) is 3.96. The SMILES string of the molecule is CC(=O)OCCc1cccc(-c2c(C)noc2C)c1. The van der Waals surface area contributed by atoms with Crippen molar-refractivity contribution in [2.24, 2.45) is 0 Å². The van der Waals surface area contributed by atoms with E-state index in [9.17, 15) is 4.79 Å². The predicted molar refractivity (Wildman–Crippen MR) is 71.8 cm³/mol. The number of carbonyl (C=O) groups is 1. The number of esters is 1. The third-order valence-electron chi connectivity index (χ3n) is 2.95. The lowest BCUT2D eigenvalue weighted by Crippen LogP contribution is -2.03. The van der Waals surface area contributed by atoms with Gasteiger partial charge < -0.3 is 9.26 Å². The van der Waals surface area contributed by atoms with Crippen LogP contribution < -0.4 is 0 Å². The van der Waals surface area contributed by atoms with Gasteiger partial charge in [0, 0.05) is 18.9 Å². The maximum Gasteiger partial charge on any atom is 0.302 e. The van der Waals surface area contributed by atoms with Gasteiger partial charge in [0.1, 0.15) is 5.76 Å². The van der Waals surface area contributed by atoms with Gasteiger partial charge in [0.15, 0.2) is 0 Å².